The van der Waals surface area contributed by atoms with Gasteiger partial charge in [0.1, 0.15) is 0 Å². The fourth-order valence-corrected chi connectivity index (χ4v) is 4.50. The highest BCUT2D eigenvalue weighted by molar-refractivity contribution is 7.91. The highest BCUT2D eigenvalue weighted by Gasteiger charge is 2.32. The van der Waals surface area contributed by atoms with Crippen LogP contribution >= 0.6 is 11.3 Å². The fraction of sp³-hybridized carbons (Fsp3) is 0.429. The Balaban J connectivity index is 1.78. The first kappa shape index (κ1) is 16.7. The third-order valence-corrected chi connectivity index (χ3v) is 5.89. The molecular formula is C14H17NO5S2. The third kappa shape index (κ3) is 4.67. The quantitative estimate of drug-likeness (QED) is 0.587. The predicted octanol–water partition coefficient (Wildman–Crippen LogP) is 0.950. The number of carbonyl (C=O) groups is 2. The van der Waals surface area contributed by atoms with Crippen LogP contribution in [-0.2, 0) is 24.2 Å². The summed E-state index contributed by atoms with van der Waals surface area (Å²) >= 11 is 1.51. The maximum atomic E-state index is 11.9. The van der Waals surface area contributed by atoms with Gasteiger partial charge in [-0.2, -0.15) is 11.3 Å². The highest BCUT2D eigenvalue weighted by Crippen LogP contribution is 2.16. The second-order valence-electron chi connectivity index (χ2n) is 5.06. The Labute approximate surface area is 133 Å². The van der Waals surface area contributed by atoms with Crippen LogP contribution in [0.5, 0.6) is 0 Å². The number of amides is 1. The van der Waals surface area contributed by atoms with Crippen LogP contribution in [0.2, 0.25) is 0 Å². The monoisotopic (exact) mass is 343 g/mol. The lowest BCUT2D eigenvalue weighted by molar-refractivity contribution is -0.148. The Hall–Kier alpha value is -1.67. The summed E-state index contributed by atoms with van der Waals surface area (Å²) in [5, 5.41) is 3.77. The summed E-state index contributed by atoms with van der Waals surface area (Å²) in [6.07, 6.45) is 3.29. The van der Waals surface area contributed by atoms with Crippen molar-refractivity contribution in [2.24, 2.45) is 0 Å². The molecule has 0 radical (unpaired) electrons. The molecular weight excluding hydrogens is 326 g/mol. The van der Waals surface area contributed by atoms with Crippen molar-refractivity contribution in [2.75, 3.05) is 25.2 Å². The van der Waals surface area contributed by atoms with Crippen LogP contribution < -0.4 is 0 Å². The molecule has 8 heteroatoms. The molecule has 2 rings (SSSR count). The van der Waals surface area contributed by atoms with Gasteiger partial charge in [0.2, 0.25) is 0 Å². The van der Waals surface area contributed by atoms with Crippen molar-refractivity contribution >= 4 is 39.1 Å². The molecule has 1 atom stereocenters. The Kier molecular flexibility index (Phi) is 5.36. The van der Waals surface area contributed by atoms with Crippen LogP contribution in [0.25, 0.3) is 6.08 Å². The van der Waals surface area contributed by atoms with Gasteiger partial charge >= 0.3 is 5.97 Å². The Bertz CT molecular complexity index is 663. The largest absolute Gasteiger partial charge is 0.452 e. The molecule has 120 valence electrons. The van der Waals surface area contributed by atoms with Crippen LogP contribution in [-0.4, -0.2) is 56.4 Å². The number of hydrogen-bond acceptors (Lipinski definition) is 6. The second-order valence-corrected chi connectivity index (χ2v) is 8.07. The fourth-order valence-electron chi connectivity index (χ4n) is 2.10. The predicted molar refractivity (Wildman–Crippen MR) is 84.1 cm³/mol. The van der Waals surface area contributed by atoms with E-state index in [-0.39, 0.29) is 24.2 Å². The van der Waals surface area contributed by atoms with E-state index in [1.807, 2.05) is 16.8 Å². The zero-order chi connectivity index (χ0) is 16.2. The van der Waals surface area contributed by atoms with Gasteiger partial charge in [-0.1, -0.05) is 0 Å². The Morgan fingerprint density at radius 2 is 2.27 bits per heavy atom. The van der Waals surface area contributed by atoms with E-state index in [4.69, 9.17) is 4.74 Å². The zero-order valence-corrected chi connectivity index (χ0v) is 13.7. The summed E-state index contributed by atoms with van der Waals surface area (Å²) in [7, 11) is -1.52. The van der Waals surface area contributed by atoms with Gasteiger partial charge in [0.15, 0.2) is 16.4 Å². The lowest BCUT2D eigenvalue weighted by atomic mass is 10.2. The lowest BCUT2D eigenvalue weighted by Crippen LogP contribution is -2.40. The molecule has 0 saturated carbocycles. The molecule has 2 heterocycles. The molecule has 0 aromatic carbocycles. The van der Waals surface area contributed by atoms with Crippen LogP contribution in [0.4, 0.5) is 0 Å². The summed E-state index contributed by atoms with van der Waals surface area (Å²) in [5.41, 5.74) is 0.890. The molecule has 0 aliphatic carbocycles. The molecule has 0 N–H and O–H groups in total. The third-order valence-electron chi connectivity index (χ3n) is 3.44. The molecule has 0 bridgehead atoms. The number of ether oxygens (including phenoxy) is 1. The zero-order valence-electron chi connectivity index (χ0n) is 12.1. The molecule has 1 aliphatic rings. The lowest BCUT2D eigenvalue weighted by Gasteiger charge is -2.22. The molecule has 1 aromatic rings. The standard InChI is InChI=1S/C14H17NO5S2/c1-15(12-5-7-22(18,19)10-12)13(16)8-20-14(17)3-2-11-4-6-21-9-11/h2-4,6,9,12H,5,7-8,10H2,1H3/b3-2+/t12-/m1/s1. The minimum Gasteiger partial charge on any atom is -0.452 e. The van der Waals surface area contributed by atoms with Crippen LogP contribution in [0.1, 0.15) is 12.0 Å². The number of sulfone groups is 1. The van der Waals surface area contributed by atoms with E-state index < -0.39 is 21.7 Å². The minimum atomic E-state index is -3.05. The number of rotatable bonds is 5. The van der Waals surface area contributed by atoms with Crippen LogP contribution in [0.15, 0.2) is 22.9 Å². The van der Waals surface area contributed by atoms with Crippen molar-refractivity contribution in [3.8, 4) is 0 Å². The van der Waals surface area contributed by atoms with Crippen molar-refractivity contribution in [1.29, 1.82) is 0 Å². The van der Waals surface area contributed by atoms with Gasteiger partial charge < -0.3 is 9.64 Å². The van der Waals surface area contributed by atoms with Gasteiger partial charge in [-0.05, 0) is 34.9 Å². The smallest absolute Gasteiger partial charge is 0.331 e. The van der Waals surface area contributed by atoms with Gasteiger partial charge in [-0.3, -0.25) is 4.79 Å². The van der Waals surface area contributed by atoms with E-state index in [2.05, 4.69) is 0 Å². The van der Waals surface area contributed by atoms with Crippen molar-refractivity contribution in [3.05, 3.63) is 28.5 Å². The van der Waals surface area contributed by atoms with E-state index in [1.165, 1.54) is 29.4 Å². The van der Waals surface area contributed by atoms with Gasteiger partial charge in [0, 0.05) is 19.2 Å². The number of likely N-dealkylation sites (N-methyl/N-ethyl adjacent to an activating group) is 1. The average Bonchev–Trinajstić information content (AvgIpc) is 3.10. The number of hydrogen-bond donors (Lipinski definition) is 0. The van der Waals surface area contributed by atoms with E-state index in [1.54, 1.807) is 6.08 Å². The molecule has 6 nitrogen and oxygen atoms in total. The molecule has 1 fully saturated rings. The maximum Gasteiger partial charge on any atom is 0.331 e. The number of carbonyl (C=O) groups excluding carboxylic acids is 2. The molecule has 22 heavy (non-hydrogen) atoms. The molecule has 1 aromatic heterocycles. The molecule has 1 aliphatic heterocycles. The van der Waals surface area contributed by atoms with Crippen molar-refractivity contribution in [1.82, 2.24) is 4.90 Å². The number of nitrogens with zero attached hydrogens (tertiary/aromatic N) is 1. The number of esters is 1. The van der Waals surface area contributed by atoms with Gasteiger partial charge in [-0.15, -0.1) is 0 Å². The number of thiophene rings is 1. The van der Waals surface area contributed by atoms with Crippen molar-refractivity contribution in [3.63, 3.8) is 0 Å². The first-order valence-electron chi connectivity index (χ1n) is 6.70. The topological polar surface area (TPSA) is 80.8 Å². The average molecular weight is 343 g/mol. The first-order valence-corrected chi connectivity index (χ1v) is 9.47. The summed E-state index contributed by atoms with van der Waals surface area (Å²) < 4.78 is 27.7. The van der Waals surface area contributed by atoms with Crippen LogP contribution in [0.3, 0.4) is 0 Å². The molecule has 0 unspecified atom stereocenters. The van der Waals surface area contributed by atoms with Crippen LogP contribution in [0, 0.1) is 0 Å². The Morgan fingerprint density at radius 1 is 1.50 bits per heavy atom. The summed E-state index contributed by atoms with van der Waals surface area (Å²) in [6, 6.07) is 1.52. The van der Waals surface area contributed by atoms with Crippen molar-refractivity contribution in [2.45, 2.75) is 12.5 Å². The van der Waals surface area contributed by atoms with Gasteiger partial charge in [0.05, 0.1) is 11.5 Å². The minimum absolute atomic E-state index is 0.0265. The normalized spacial score (nSPS) is 20.1. The first-order chi connectivity index (χ1) is 10.4. The molecule has 1 saturated heterocycles. The Morgan fingerprint density at radius 3 is 2.86 bits per heavy atom. The summed E-state index contributed by atoms with van der Waals surface area (Å²) in [5.74, 6) is -0.939. The van der Waals surface area contributed by atoms with E-state index >= 15 is 0 Å². The highest BCUT2D eigenvalue weighted by atomic mass is 32.2. The molecule has 0 spiro atoms. The van der Waals surface area contributed by atoms with Crippen molar-refractivity contribution < 1.29 is 22.7 Å². The van der Waals surface area contributed by atoms with Gasteiger partial charge in [-0.25, -0.2) is 13.2 Å². The van der Waals surface area contributed by atoms with E-state index in [0.29, 0.717) is 6.42 Å². The van der Waals surface area contributed by atoms with E-state index in [0.717, 1.165) is 5.56 Å². The summed E-state index contributed by atoms with van der Waals surface area (Å²) in [6.45, 7) is -0.389. The molecule has 1 amide bonds. The van der Waals surface area contributed by atoms with E-state index in [9.17, 15) is 18.0 Å². The van der Waals surface area contributed by atoms with Gasteiger partial charge in [0.25, 0.3) is 5.91 Å². The maximum absolute atomic E-state index is 11.9. The second kappa shape index (κ2) is 7.06. The summed E-state index contributed by atoms with van der Waals surface area (Å²) in [4.78, 5) is 24.8. The SMILES string of the molecule is CN(C(=O)COC(=O)/C=C/c1ccsc1)[C@@H]1CCS(=O)(=O)C1.